The maximum Gasteiger partial charge on any atom is 0.188 e. The second-order valence-corrected chi connectivity index (χ2v) is 7.84. The lowest BCUT2D eigenvalue weighted by Gasteiger charge is -2.36. The van der Waals surface area contributed by atoms with E-state index in [0.717, 1.165) is 39.3 Å². The highest BCUT2D eigenvalue weighted by Crippen LogP contribution is 2.18. The summed E-state index contributed by atoms with van der Waals surface area (Å²) in [7, 11) is 0. The molecule has 3 rings (SSSR count). The molecule has 1 heterocycles. The number of aliphatic imine (C=N–C) groups is 1. The summed E-state index contributed by atoms with van der Waals surface area (Å²) in [6, 6.07) is 19.3. The van der Waals surface area contributed by atoms with E-state index in [-0.39, 0.29) is 24.0 Å². The van der Waals surface area contributed by atoms with Gasteiger partial charge in [0.2, 0.25) is 0 Å². The van der Waals surface area contributed by atoms with Crippen molar-refractivity contribution in [3.63, 3.8) is 0 Å². The van der Waals surface area contributed by atoms with Crippen molar-refractivity contribution in [2.75, 3.05) is 37.6 Å². The Kier molecular flexibility index (Phi) is 9.73. The van der Waals surface area contributed by atoms with Gasteiger partial charge in [-0.1, -0.05) is 56.3 Å². The van der Waals surface area contributed by atoms with Crippen LogP contribution in [0.4, 0.5) is 5.69 Å². The summed E-state index contributed by atoms with van der Waals surface area (Å²) in [5.41, 5.74) is 9.91. The van der Waals surface area contributed by atoms with E-state index in [9.17, 15) is 0 Å². The first-order valence-electron chi connectivity index (χ1n) is 10.2. The predicted molar refractivity (Wildman–Crippen MR) is 134 cm³/mol. The second kappa shape index (κ2) is 12.0. The van der Waals surface area contributed by atoms with E-state index in [1.807, 2.05) is 0 Å². The van der Waals surface area contributed by atoms with E-state index in [4.69, 9.17) is 5.73 Å². The fraction of sp³-hybridized carbons (Fsp3) is 0.435. The Morgan fingerprint density at radius 3 is 2.24 bits per heavy atom. The molecule has 0 atom stereocenters. The van der Waals surface area contributed by atoms with Gasteiger partial charge in [-0.05, 0) is 29.2 Å². The molecule has 2 aromatic rings. The van der Waals surface area contributed by atoms with Crippen LogP contribution in [0, 0.1) is 5.92 Å². The van der Waals surface area contributed by atoms with Crippen molar-refractivity contribution in [1.82, 2.24) is 10.2 Å². The standard InChI is InChI=1S/C23H33N5.HI/c1-19(2)16-25-23(24)26-17-20-8-6-7-9-21(20)18-27-12-14-28(15-13-27)22-10-4-3-5-11-22;/h3-11,19H,12-18H2,1-2H3,(H3,24,25,26);1H. The SMILES string of the molecule is CC(C)CNC(N)=NCc1ccccc1CN1CCN(c2ccccc2)CC1.I. The molecule has 2 aromatic carbocycles. The van der Waals surface area contributed by atoms with Crippen molar-refractivity contribution >= 4 is 35.6 Å². The van der Waals surface area contributed by atoms with Crippen LogP contribution in [0.2, 0.25) is 0 Å². The number of guanidine groups is 1. The summed E-state index contributed by atoms with van der Waals surface area (Å²) in [6.45, 7) is 11.0. The summed E-state index contributed by atoms with van der Waals surface area (Å²) >= 11 is 0. The molecular formula is C23H34IN5. The van der Waals surface area contributed by atoms with Crippen LogP contribution in [0.3, 0.4) is 0 Å². The Hall–Kier alpha value is -1.80. The van der Waals surface area contributed by atoms with E-state index >= 15 is 0 Å². The minimum absolute atomic E-state index is 0. The molecule has 0 radical (unpaired) electrons. The van der Waals surface area contributed by atoms with Crippen LogP contribution < -0.4 is 16.0 Å². The number of benzene rings is 2. The van der Waals surface area contributed by atoms with Gasteiger partial charge in [-0.3, -0.25) is 4.90 Å². The number of nitrogens with zero attached hydrogens (tertiary/aromatic N) is 3. The minimum atomic E-state index is 0. The fourth-order valence-corrected chi connectivity index (χ4v) is 3.44. The number of para-hydroxylation sites is 1. The van der Waals surface area contributed by atoms with Crippen LogP contribution in [0.1, 0.15) is 25.0 Å². The summed E-state index contributed by atoms with van der Waals surface area (Å²) < 4.78 is 0. The number of nitrogens with two attached hydrogens (primary N) is 1. The largest absolute Gasteiger partial charge is 0.370 e. The lowest BCUT2D eigenvalue weighted by Crippen LogP contribution is -2.46. The van der Waals surface area contributed by atoms with Gasteiger partial charge in [0.25, 0.3) is 0 Å². The third-order valence-electron chi connectivity index (χ3n) is 5.12. The molecular weight excluding hydrogens is 473 g/mol. The van der Waals surface area contributed by atoms with Gasteiger partial charge in [0.1, 0.15) is 0 Å². The van der Waals surface area contributed by atoms with Crippen molar-refractivity contribution in [2.24, 2.45) is 16.6 Å². The molecule has 0 amide bonds. The number of hydrogen-bond acceptors (Lipinski definition) is 3. The average Bonchev–Trinajstić information content (AvgIpc) is 2.73. The number of anilines is 1. The first kappa shape index (κ1) is 23.5. The van der Waals surface area contributed by atoms with E-state index in [1.54, 1.807) is 0 Å². The molecule has 0 saturated carbocycles. The van der Waals surface area contributed by atoms with Gasteiger partial charge in [0.15, 0.2) is 5.96 Å². The highest BCUT2D eigenvalue weighted by Gasteiger charge is 2.18. The molecule has 6 heteroatoms. The summed E-state index contributed by atoms with van der Waals surface area (Å²) in [5.74, 6) is 1.08. The average molecular weight is 507 g/mol. The maximum atomic E-state index is 6.00. The summed E-state index contributed by atoms with van der Waals surface area (Å²) in [6.07, 6.45) is 0. The molecule has 1 aliphatic rings. The topological polar surface area (TPSA) is 56.9 Å². The third-order valence-corrected chi connectivity index (χ3v) is 5.12. The Labute approximate surface area is 192 Å². The monoisotopic (exact) mass is 507 g/mol. The van der Waals surface area contributed by atoms with Crippen molar-refractivity contribution in [3.8, 4) is 0 Å². The first-order chi connectivity index (χ1) is 13.6. The van der Waals surface area contributed by atoms with Crippen LogP contribution in [-0.4, -0.2) is 43.6 Å². The van der Waals surface area contributed by atoms with Crippen molar-refractivity contribution < 1.29 is 0 Å². The van der Waals surface area contributed by atoms with E-state index < -0.39 is 0 Å². The summed E-state index contributed by atoms with van der Waals surface area (Å²) in [5, 5.41) is 3.19. The van der Waals surface area contributed by atoms with Gasteiger partial charge in [0.05, 0.1) is 6.54 Å². The Balaban J connectivity index is 0.00000300. The predicted octanol–water partition coefficient (Wildman–Crippen LogP) is 3.69. The third kappa shape index (κ3) is 7.51. The Morgan fingerprint density at radius 2 is 1.59 bits per heavy atom. The molecule has 3 N–H and O–H groups in total. The smallest absolute Gasteiger partial charge is 0.188 e. The van der Waals surface area contributed by atoms with Gasteiger partial charge >= 0.3 is 0 Å². The first-order valence-corrected chi connectivity index (χ1v) is 10.2. The molecule has 29 heavy (non-hydrogen) atoms. The lowest BCUT2D eigenvalue weighted by atomic mass is 10.1. The van der Waals surface area contributed by atoms with Gasteiger partial charge in [-0.2, -0.15) is 0 Å². The molecule has 1 saturated heterocycles. The quantitative estimate of drug-likeness (QED) is 0.341. The van der Waals surface area contributed by atoms with Crippen LogP contribution in [0.5, 0.6) is 0 Å². The normalized spacial score (nSPS) is 15.3. The highest BCUT2D eigenvalue weighted by molar-refractivity contribution is 14.0. The van der Waals surface area contributed by atoms with Crippen LogP contribution in [-0.2, 0) is 13.1 Å². The molecule has 0 aromatic heterocycles. The minimum Gasteiger partial charge on any atom is -0.370 e. The molecule has 1 fully saturated rings. The molecule has 158 valence electrons. The molecule has 0 unspecified atom stereocenters. The second-order valence-electron chi connectivity index (χ2n) is 7.84. The van der Waals surface area contributed by atoms with Crippen LogP contribution in [0.25, 0.3) is 0 Å². The van der Waals surface area contributed by atoms with Gasteiger partial charge in [0, 0.05) is 45.0 Å². The fourth-order valence-electron chi connectivity index (χ4n) is 3.44. The highest BCUT2D eigenvalue weighted by atomic mass is 127. The van der Waals surface area contributed by atoms with Gasteiger partial charge < -0.3 is 16.0 Å². The van der Waals surface area contributed by atoms with E-state index in [1.165, 1.54) is 16.8 Å². The number of nitrogens with one attached hydrogen (secondary N) is 1. The van der Waals surface area contributed by atoms with E-state index in [2.05, 4.69) is 88.6 Å². The van der Waals surface area contributed by atoms with Gasteiger partial charge in [-0.15, -0.1) is 24.0 Å². The number of piperazine rings is 1. The number of hydrogen-bond donors (Lipinski definition) is 2. The summed E-state index contributed by atoms with van der Waals surface area (Å²) in [4.78, 5) is 9.52. The lowest BCUT2D eigenvalue weighted by molar-refractivity contribution is 0.249. The number of halogens is 1. The molecule has 0 spiro atoms. The zero-order valence-electron chi connectivity index (χ0n) is 17.6. The zero-order valence-corrected chi connectivity index (χ0v) is 19.9. The van der Waals surface area contributed by atoms with Crippen molar-refractivity contribution in [1.29, 1.82) is 0 Å². The molecule has 1 aliphatic heterocycles. The van der Waals surface area contributed by atoms with Crippen molar-refractivity contribution in [3.05, 3.63) is 65.7 Å². The van der Waals surface area contributed by atoms with Crippen LogP contribution in [0.15, 0.2) is 59.6 Å². The van der Waals surface area contributed by atoms with E-state index in [0.29, 0.717) is 18.4 Å². The molecule has 0 aliphatic carbocycles. The Morgan fingerprint density at radius 1 is 0.966 bits per heavy atom. The Bertz CT molecular complexity index is 755. The maximum absolute atomic E-state index is 6.00. The number of rotatable bonds is 7. The molecule has 5 nitrogen and oxygen atoms in total. The molecule has 0 bridgehead atoms. The van der Waals surface area contributed by atoms with Crippen LogP contribution >= 0.6 is 24.0 Å². The van der Waals surface area contributed by atoms with Crippen molar-refractivity contribution in [2.45, 2.75) is 26.9 Å². The van der Waals surface area contributed by atoms with Gasteiger partial charge in [-0.25, -0.2) is 4.99 Å². The zero-order chi connectivity index (χ0) is 19.8.